The highest BCUT2D eigenvalue weighted by molar-refractivity contribution is 5.27. The summed E-state index contributed by atoms with van der Waals surface area (Å²) in [6.45, 7) is 3.98. The van der Waals surface area contributed by atoms with E-state index in [4.69, 9.17) is 9.47 Å². The van der Waals surface area contributed by atoms with E-state index in [2.05, 4.69) is 17.4 Å². The Morgan fingerprint density at radius 2 is 2.11 bits per heavy atom. The third kappa shape index (κ3) is 4.31. The van der Waals surface area contributed by atoms with Crippen LogP contribution in [0.1, 0.15) is 18.4 Å². The van der Waals surface area contributed by atoms with Crippen molar-refractivity contribution in [2.24, 2.45) is 5.92 Å². The monoisotopic (exact) mass is 249 g/mol. The van der Waals surface area contributed by atoms with Crippen LogP contribution in [0.2, 0.25) is 0 Å². The summed E-state index contributed by atoms with van der Waals surface area (Å²) in [6.07, 6.45) is 3.56. The van der Waals surface area contributed by atoms with Crippen molar-refractivity contribution < 1.29 is 9.47 Å². The molecule has 1 fully saturated rings. The number of methoxy groups -OCH3 is 1. The first-order valence-corrected chi connectivity index (χ1v) is 6.80. The maximum absolute atomic E-state index is 5.76. The lowest BCUT2D eigenvalue weighted by molar-refractivity contribution is 0.0921. The summed E-state index contributed by atoms with van der Waals surface area (Å²) < 4.78 is 10.9. The van der Waals surface area contributed by atoms with Gasteiger partial charge in [0, 0.05) is 6.54 Å². The Bertz CT molecular complexity index is 331. The average molecular weight is 249 g/mol. The quantitative estimate of drug-likeness (QED) is 0.784. The van der Waals surface area contributed by atoms with Crippen LogP contribution in [0.4, 0.5) is 0 Å². The number of benzene rings is 1. The van der Waals surface area contributed by atoms with Crippen molar-refractivity contribution in [1.82, 2.24) is 5.32 Å². The highest BCUT2D eigenvalue weighted by Gasteiger charge is 2.12. The summed E-state index contributed by atoms with van der Waals surface area (Å²) in [5.41, 5.74) is 1.30. The molecule has 1 saturated heterocycles. The van der Waals surface area contributed by atoms with Gasteiger partial charge < -0.3 is 14.8 Å². The van der Waals surface area contributed by atoms with Crippen LogP contribution in [0.25, 0.3) is 0 Å². The molecule has 1 aliphatic heterocycles. The molecule has 0 saturated carbocycles. The van der Waals surface area contributed by atoms with Crippen LogP contribution in [-0.2, 0) is 11.2 Å². The molecule has 0 unspecified atom stereocenters. The fourth-order valence-electron chi connectivity index (χ4n) is 2.30. The zero-order chi connectivity index (χ0) is 12.6. The molecule has 3 nitrogen and oxygen atoms in total. The second-order valence-corrected chi connectivity index (χ2v) is 4.89. The molecule has 1 aliphatic rings. The molecule has 1 heterocycles. The average Bonchev–Trinajstić information content (AvgIpc) is 2.45. The van der Waals surface area contributed by atoms with E-state index in [1.165, 1.54) is 24.9 Å². The maximum atomic E-state index is 5.76. The van der Waals surface area contributed by atoms with Crippen LogP contribution >= 0.6 is 0 Å². The van der Waals surface area contributed by atoms with Crippen molar-refractivity contribution in [1.29, 1.82) is 0 Å². The van der Waals surface area contributed by atoms with E-state index < -0.39 is 0 Å². The molecule has 0 bridgehead atoms. The van der Waals surface area contributed by atoms with E-state index in [-0.39, 0.29) is 0 Å². The van der Waals surface area contributed by atoms with Gasteiger partial charge in [0.05, 0.1) is 20.3 Å². The third-order valence-electron chi connectivity index (χ3n) is 3.45. The minimum atomic E-state index is 0.703. The summed E-state index contributed by atoms with van der Waals surface area (Å²) >= 11 is 0. The summed E-state index contributed by atoms with van der Waals surface area (Å²) in [4.78, 5) is 0. The van der Waals surface area contributed by atoms with Gasteiger partial charge in [-0.2, -0.15) is 0 Å². The molecule has 1 aromatic rings. The zero-order valence-electron chi connectivity index (χ0n) is 11.2. The van der Waals surface area contributed by atoms with Gasteiger partial charge in [0.2, 0.25) is 0 Å². The Labute approximate surface area is 109 Å². The van der Waals surface area contributed by atoms with Crippen LogP contribution < -0.4 is 10.1 Å². The van der Waals surface area contributed by atoms with Gasteiger partial charge >= 0.3 is 0 Å². The molecular formula is C15H23NO2. The standard InChI is InChI=1S/C15H23NO2/c1-17-15-6-4-13(5-7-15)8-10-18-12-14-3-2-9-16-11-14/h4-7,14,16H,2-3,8-12H2,1H3/t14-/m0/s1. The fourth-order valence-corrected chi connectivity index (χ4v) is 2.30. The molecule has 0 aromatic heterocycles. The second kappa shape index (κ2) is 7.39. The molecule has 18 heavy (non-hydrogen) atoms. The van der Waals surface area contributed by atoms with Gasteiger partial charge in [-0.15, -0.1) is 0 Å². The lowest BCUT2D eigenvalue weighted by atomic mass is 10.0. The second-order valence-electron chi connectivity index (χ2n) is 4.89. The maximum Gasteiger partial charge on any atom is 0.118 e. The van der Waals surface area contributed by atoms with Crippen molar-refractivity contribution in [3.05, 3.63) is 29.8 Å². The summed E-state index contributed by atoms with van der Waals surface area (Å²) in [6, 6.07) is 8.20. The van der Waals surface area contributed by atoms with Crippen LogP contribution in [0, 0.1) is 5.92 Å². The highest BCUT2D eigenvalue weighted by atomic mass is 16.5. The van der Waals surface area contributed by atoms with Crippen molar-refractivity contribution in [3.63, 3.8) is 0 Å². The van der Waals surface area contributed by atoms with Gasteiger partial charge in [0.15, 0.2) is 0 Å². The Balaban J connectivity index is 1.62. The van der Waals surface area contributed by atoms with Crippen molar-refractivity contribution in [3.8, 4) is 5.75 Å². The molecule has 100 valence electrons. The number of rotatable bonds is 6. The molecule has 2 rings (SSSR count). The van der Waals surface area contributed by atoms with Gasteiger partial charge in [-0.1, -0.05) is 12.1 Å². The van der Waals surface area contributed by atoms with E-state index in [0.717, 1.165) is 31.9 Å². The molecule has 1 N–H and O–H groups in total. The van der Waals surface area contributed by atoms with Crippen LogP contribution in [0.15, 0.2) is 24.3 Å². The number of piperidine rings is 1. The van der Waals surface area contributed by atoms with E-state index in [0.29, 0.717) is 5.92 Å². The Morgan fingerprint density at radius 1 is 1.28 bits per heavy atom. The molecule has 3 heteroatoms. The summed E-state index contributed by atoms with van der Waals surface area (Å²) in [5.74, 6) is 1.61. The molecule has 1 atom stereocenters. The van der Waals surface area contributed by atoms with Crippen LogP contribution in [0.5, 0.6) is 5.75 Å². The number of hydrogen-bond acceptors (Lipinski definition) is 3. The van der Waals surface area contributed by atoms with Gasteiger partial charge in [-0.25, -0.2) is 0 Å². The fraction of sp³-hybridized carbons (Fsp3) is 0.600. The Hall–Kier alpha value is -1.06. The smallest absolute Gasteiger partial charge is 0.118 e. The Kier molecular flexibility index (Phi) is 5.49. The van der Waals surface area contributed by atoms with E-state index in [1.807, 2.05) is 12.1 Å². The Morgan fingerprint density at radius 3 is 2.78 bits per heavy atom. The number of ether oxygens (including phenoxy) is 2. The lowest BCUT2D eigenvalue weighted by Crippen LogP contribution is -2.32. The van der Waals surface area contributed by atoms with Crippen molar-refractivity contribution >= 4 is 0 Å². The first-order valence-electron chi connectivity index (χ1n) is 6.80. The highest BCUT2D eigenvalue weighted by Crippen LogP contribution is 2.13. The largest absolute Gasteiger partial charge is 0.497 e. The molecular weight excluding hydrogens is 226 g/mol. The predicted molar refractivity (Wildman–Crippen MR) is 73.1 cm³/mol. The normalized spacial score (nSPS) is 19.7. The molecule has 1 aromatic carbocycles. The minimum Gasteiger partial charge on any atom is -0.497 e. The van der Waals surface area contributed by atoms with E-state index in [1.54, 1.807) is 7.11 Å². The van der Waals surface area contributed by atoms with Gasteiger partial charge in [-0.05, 0) is 49.4 Å². The number of hydrogen-bond donors (Lipinski definition) is 1. The molecule has 0 aliphatic carbocycles. The van der Waals surface area contributed by atoms with Crippen LogP contribution in [0.3, 0.4) is 0 Å². The van der Waals surface area contributed by atoms with Crippen molar-refractivity contribution in [2.75, 3.05) is 33.4 Å². The first kappa shape index (κ1) is 13.4. The van der Waals surface area contributed by atoms with Gasteiger partial charge in [0.25, 0.3) is 0 Å². The molecule has 0 amide bonds. The van der Waals surface area contributed by atoms with Gasteiger partial charge in [0.1, 0.15) is 5.75 Å². The topological polar surface area (TPSA) is 30.5 Å². The first-order chi connectivity index (χ1) is 8.88. The van der Waals surface area contributed by atoms with E-state index in [9.17, 15) is 0 Å². The van der Waals surface area contributed by atoms with Crippen molar-refractivity contribution in [2.45, 2.75) is 19.3 Å². The zero-order valence-corrected chi connectivity index (χ0v) is 11.2. The summed E-state index contributed by atoms with van der Waals surface area (Å²) in [7, 11) is 1.69. The molecule has 0 spiro atoms. The van der Waals surface area contributed by atoms with Crippen LogP contribution in [-0.4, -0.2) is 33.4 Å². The SMILES string of the molecule is COc1ccc(CCOC[C@H]2CCCNC2)cc1. The van der Waals surface area contributed by atoms with E-state index >= 15 is 0 Å². The lowest BCUT2D eigenvalue weighted by Gasteiger charge is -2.22. The summed E-state index contributed by atoms with van der Waals surface area (Å²) in [5, 5.41) is 3.41. The van der Waals surface area contributed by atoms with Gasteiger partial charge in [-0.3, -0.25) is 0 Å². The number of nitrogens with one attached hydrogen (secondary N) is 1. The molecule has 0 radical (unpaired) electrons. The third-order valence-corrected chi connectivity index (χ3v) is 3.45. The predicted octanol–water partition coefficient (Wildman–Crippen LogP) is 2.25. The minimum absolute atomic E-state index is 0.703.